The number of aryl methyl sites for hydroxylation is 1. The third-order valence-corrected chi connectivity index (χ3v) is 2.84. The molecule has 0 fully saturated rings. The predicted octanol–water partition coefficient (Wildman–Crippen LogP) is 2.98. The molecule has 0 saturated carbocycles. The van der Waals surface area contributed by atoms with Crippen molar-refractivity contribution >= 4 is 11.6 Å². The van der Waals surface area contributed by atoms with Crippen molar-refractivity contribution in [3.8, 4) is 11.8 Å². The number of benzene rings is 1. The number of aromatic nitrogens is 2. The molecule has 5 heteroatoms. The average molecular weight is 265 g/mol. The molecular weight excluding hydrogens is 252 g/mol. The molecular formula is C13H13ClN2O2. The van der Waals surface area contributed by atoms with Crippen LogP contribution in [0.5, 0.6) is 11.8 Å². The highest BCUT2D eigenvalue weighted by molar-refractivity contribution is 6.31. The number of aliphatic hydroxyl groups excluding tert-OH is 1. The van der Waals surface area contributed by atoms with Gasteiger partial charge in [0.05, 0.1) is 6.61 Å². The maximum atomic E-state index is 8.88. The van der Waals surface area contributed by atoms with Gasteiger partial charge in [-0.15, -0.1) is 0 Å². The maximum absolute atomic E-state index is 8.88. The van der Waals surface area contributed by atoms with E-state index in [0.29, 0.717) is 11.3 Å². The minimum absolute atomic E-state index is 0.0821. The van der Waals surface area contributed by atoms with E-state index in [4.69, 9.17) is 21.4 Å². The Morgan fingerprint density at radius 3 is 2.61 bits per heavy atom. The van der Waals surface area contributed by atoms with E-state index >= 15 is 0 Å². The quantitative estimate of drug-likeness (QED) is 0.922. The van der Waals surface area contributed by atoms with Gasteiger partial charge in [0.2, 0.25) is 0 Å². The minimum atomic E-state index is -0.0821. The van der Waals surface area contributed by atoms with Crippen LogP contribution in [0.25, 0.3) is 0 Å². The summed E-state index contributed by atoms with van der Waals surface area (Å²) in [5, 5.41) is 9.61. The first-order valence-electron chi connectivity index (χ1n) is 5.61. The van der Waals surface area contributed by atoms with Gasteiger partial charge in [0, 0.05) is 23.0 Å². The van der Waals surface area contributed by atoms with Crippen LogP contribution in [0.4, 0.5) is 0 Å². The maximum Gasteiger partial charge on any atom is 0.321 e. The van der Waals surface area contributed by atoms with Gasteiger partial charge in [-0.3, -0.25) is 0 Å². The largest absolute Gasteiger partial charge is 0.424 e. The Balaban J connectivity index is 2.17. The molecule has 4 nitrogen and oxygen atoms in total. The number of aliphatic hydroxyl groups is 1. The van der Waals surface area contributed by atoms with Gasteiger partial charge in [-0.25, -0.2) is 9.97 Å². The molecule has 0 aliphatic rings. The number of halogens is 1. The van der Waals surface area contributed by atoms with Crippen LogP contribution in [0.1, 0.15) is 18.1 Å². The van der Waals surface area contributed by atoms with Crippen LogP contribution < -0.4 is 4.74 Å². The molecule has 0 radical (unpaired) electrons. The first kappa shape index (κ1) is 12.8. The number of ether oxygens (including phenoxy) is 1. The van der Waals surface area contributed by atoms with Gasteiger partial charge in [0.1, 0.15) is 5.75 Å². The van der Waals surface area contributed by atoms with E-state index in [0.717, 1.165) is 17.0 Å². The lowest BCUT2D eigenvalue weighted by Crippen LogP contribution is -1.94. The van der Waals surface area contributed by atoms with Crippen LogP contribution in [-0.2, 0) is 13.0 Å². The Kier molecular flexibility index (Phi) is 4.12. The van der Waals surface area contributed by atoms with Crippen LogP contribution >= 0.6 is 11.6 Å². The summed E-state index contributed by atoms with van der Waals surface area (Å²) in [6, 6.07) is 5.67. The Hall–Kier alpha value is -1.65. The SMILES string of the molecule is CCc1cc(Oc2ncc(CO)cn2)ccc1Cl. The summed E-state index contributed by atoms with van der Waals surface area (Å²) in [5.74, 6) is 0.646. The molecule has 1 aromatic heterocycles. The third-order valence-electron chi connectivity index (χ3n) is 2.47. The van der Waals surface area contributed by atoms with E-state index in [1.807, 2.05) is 13.0 Å². The fourth-order valence-corrected chi connectivity index (χ4v) is 1.72. The molecule has 18 heavy (non-hydrogen) atoms. The topological polar surface area (TPSA) is 55.2 Å². The monoisotopic (exact) mass is 264 g/mol. The molecule has 0 aliphatic carbocycles. The summed E-state index contributed by atoms with van der Waals surface area (Å²) in [4.78, 5) is 7.99. The lowest BCUT2D eigenvalue weighted by Gasteiger charge is -2.06. The van der Waals surface area contributed by atoms with Crippen molar-refractivity contribution in [3.05, 3.63) is 46.7 Å². The summed E-state index contributed by atoms with van der Waals surface area (Å²) < 4.78 is 5.51. The van der Waals surface area contributed by atoms with Crippen LogP contribution in [-0.4, -0.2) is 15.1 Å². The van der Waals surface area contributed by atoms with E-state index in [2.05, 4.69) is 9.97 Å². The number of nitrogens with zero attached hydrogens (tertiary/aromatic N) is 2. The van der Waals surface area contributed by atoms with Gasteiger partial charge in [0.15, 0.2) is 0 Å². The molecule has 1 N–H and O–H groups in total. The van der Waals surface area contributed by atoms with Crippen LogP contribution in [0.3, 0.4) is 0 Å². The lowest BCUT2D eigenvalue weighted by molar-refractivity contribution is 0.280. The molecule has 2 rings (SSSR count). The minimum Gasteiger partial charge on any atom is -0.424 e. The Morgan fingerprint density at radius 2 is 2.00 bits per heavy atom. The Bertz CT molecular complexity index is 529. The van der Waals surface area contributed by atoms with Crippen LogP contribution in [0.2, 0.25) is 5.02 Å². The first-order valence-corrected chi connectivity index (χ1v) is 5.98. The van der Waals surface area contributed by atoms with Crippen molar-refractivity contribution in [1.82, 2.24) is 9.97 Å². The molecule has 0 atom stereocenters. The van der Waals surface area contributed by atoms with E-state index in [-0.39, 0.29) is 12.6 Å². The second-order valence-electron chi connectivity index (χ2n) is 3.74. The molecule has 0 aliphatic heterocycles. The summed E-state index contributed by atoms with van der Waals surface area (Å²) in [7, 11) is 0. The average Bonchev–Trinajstić information content (AvgIpc) is 2.42. The van der Waals surface area contributed by atoms with Crippen LogP contribution in [0, 0.1) is 0 Å². The molecule has 1 heterocycles. The number of hydrogen-bond acceptors (Lipinski definition) is 4. The zero-order chi connectivity index (χ0) is 13.0. The third kappa shape index (κ3) is 2.97. The molecule has 0 bridgehead atoms. The van der Waals surface area contributed by atoms with Crippen LogP contribution in [0.15, 0.2) is 30.6 Å². The lowest BCUT2D eigenvalue weighted by atomic mass is 10.1. The van der Waals surface area contributed by atoms with E-state index in [1.165, 1.54) is 12.4 Å². The summed E-state index contributed by atoms with van der Waals surface area (Å²) >= 11 is 6.02. The highest BCUT2D eigenvalue weighted by Gasteiger charge is 2.04. The molecule has 94 valence electrons. The number of hydrogen-bond donors (Lipinski definition) is 1. The Morgan fingerprint density at radius 1 is 1.28 bits per heavy atom. The second-order valence-corrected chi connectivity index (χ2v) is 4.15. The predicted molar refractivity (Wildman–Crippen MR) is 68.9 cm³/mol. The van der Waals surface area contributed by atoms with Crippen molar-refractivity contribution in [2.45, 2.75) is 20.0 Å². The van der Waals surface area contributed by atoms with Gasteiger partial charge in [-0.05, 0) is 30.2 Å². The van der Waals surface area contributed by atoms with Crippen molar-refractivity contribution in [2.24, 2.45) is 0 Å². The summed E-state index contributed by atoms with van der Waals surface area (Å²) in [6.45, 7) is 1.94. The first-order chi connectivity index (χ1) is 8.72. The standard InChI is InChI=1S/C13H13ClN2O2/c1-2-10-5-11(3-4-12(10)14)18-13-15-6-9(8-17)7-16-13/h3-7,17H,2,8H2,1H3. The number of rotatable bonds is 4. The Labute approximate surface area is 110 Å². The van der Waals surface area contributed by atoms with E-state index in [9.17, 15) is 0 Å². The molecule has 0 unspecified atom stereocenters. The fourth-order valence-electron chi connectivity index (χ4n) is 1.47. The normalized spacial score (nSPS) is 10.4. The summed E-state index contributed by atoms with van der Waals surface area (Å²) in [6.07, 6.45) is 3.89. The smallest absolute Gasteiger partial charge is 0.321 e. The van der Waals surface area contributed by atoms with Gasteiger partial charge in [0.25, 0.3) is 0 Å². The second kappa shape index (κ2) is 5.80. The van der Waals surface area contributed by atoms with E-state index in [1.54, 1.807) is 12.1 Å². The molecule has 2 aromatic rings. The van der Waals surface area contributed by atoms with Crippen molar-refractivity contribution in [1.29, 1.82) is 0 Å². The van der Waals surface area contributed by atoms with E-state index < -0.39 is 0 Å². The molecule has 0 spiro atoms. The van der Waals surface area contributed by atoms with Gasteiger partial charge < -0.3 is 9.84 Å². The highest BCUT2D eigenvalue weighted by Crippen LogP contribution is 2.25. The molecule has 0 saturated heterocycles. The van der Waals surface area contributed by atoms with Crippen molar-refractivity contribution in [2.75, 3.05) is 0 Å². The van der Waals surface area contributed by atoms with Crippen molar-refractivity contribution < 1.29 is 9.84 Å². The zero-order valence-electron chi connectivity index (χ0n) is 9.93. The summed E-state index contributed by atoms with van der Waals surface area (Å²) in [5.41, 5.74) is 1.66. The zero-order valence-corrected chi connectivity index (χ0v) is 10.7. The van der Waals surface area contributed by atoms with Crippen molar-refractivity contribution in [3.63, 3.8) is 0 Å². The van der Waals surface area contributed by atoms with Gasteiger partial charge >= 0.3 is 6.01 Å². The molecule has 1 aromatic carbocycles. The fraction of sp³-hybridized carbons (Fsp3) is 0.231. The van der Waals surface area contributed by atoms with Gasteiger partial charge in [-0.2, -0.15) is 0 Å². The highest BCUT2D eigenvalue weighted by atomic mass is 35.5. The molecule has 0 amide bonds. The van der Waals surface area contributed by atoms with Gasteiger partial charge in [-0.1, -0.05) is 18.5 Å².